The molecule has 2 nitrogen and oxygen atoms in total. The fraction of sp³-hybridized carbons (Fsp3) is 0.188. The number of hydrogen-bond acceptors (Lipinski definition) is 2. The van der Waals surface area contributed by atoms with Crippen LogP contribution in [-0.4, -0.2) is 4.98 Å². The average molecular weight is 306 g/mol. The zero-order valence-corrected chi connectivity index (χ0v) is 12.7. The summed E-state index contributed by atoms with van der Waals surface area (Å²) >= 11 is 12.0. The van der Waals surface area contributed by atoms with Crippen LogP contribution in [0.3, 0.4) is 0 Å². The molecule has 0 aliphatic heterocycles. The lowest BCUT2D eigenvalue weighted by Crippen LogP contribution is -1.85. The first kappa shape index (κ1) is 13.5. The Bertz CT molecular complexity index is 757. The number of halogens is 2. The van der Waals surface area contributed by atoms with Crippen LogP contribution < -0.4 is 0 Å². The molecule has 3 aromatic rings. The van der Waals surface area contributed by atoms with E-state index in [0.29, 0.717) is 21.9 Å². The molecule has 1 aromatic heterocycles. The molecular formula is C16H13Cl2NO. The highest BCUT2D eigenvalue weighted by Gasteiger charge is 2.11. The van der Waals surface area contributed by atoms with Gasteiger partial charge in [0.25, 0.3) is 0 Å². The quantitative estimate of drug-likeness (QED) is 0.587. The summed E-state index contributed by atoms with van der Waals surface area (Å²) in [6.45, 7) is 4.30. The molecule has 0 bridgehead atoms. The molecule has 0 aliphatic carbocycles. The van der Waals surface area contributed by atoms with Crippen molar-refractivity contribution >= 4 is 34.3 Å². The number of aromatic nitrogens is 1. The molecule has 0 N–H and O–H groups in total. The van der Waals surface area contributed by atoms with E-state index in [-0.39, 0.29) is 0 Å². The van der Waals surface area contributed by atoms with Crippen molar-refractivity contribution in [2.24, 2.45) is 0 Å². The summed E-state index contributed by atoms with van der Waals surface area (Å²) in [6.07, 6.45) is 0. The van der Waals surface area contributed by atoms with Crippen molar-refractivity contribution in [3.8, 4) is 11.5 Å². The van der Waals surface area contributed by atoms with Crippen molar-refractivity contribution in [1.29, 1.82) is 0 Å². The summed E-state index contributed by atoms with van der Waals surface area (Å²) in [5.74, 6) is 0.991. The highest BCUT2D eigenvalue weighted by molar-refractivity contribution is 6.35. The first-order valence-corrected chi connectivity index (χ1v) is 7.15. The van der Waals surface area contributed by atoms with Crippen LogP contribution in [0.1, 0.15) is 25.3 Å². The van der Waals surface area contributed by atoms with Crippen LogP contribution in [-0.2, 0) is 0 Å². The monoisotopic (exact) mass is 305 g/mol. The maximum absolute atomic E-state index is 6.01. The van der Waals surface area contributed by atoms with Gasteiger partial charge in [-0.05, 0) is 41.8 Å². The summed E-state index contributed by atoms with van der Waals surface area (Å²) in [5, 5.41) is 1.13. The fourth-order valence-corrected chi connectivity index (χ4v) is 2.63. The second kappa shape index (κ2) is 5.12. The van der Waals surface area contributed by atoms with E-state index < -0.39 is 0 Å². The van der Waals surface area contributed by atoms with Gasteiger partial charge < -0.3 is 4.42 Å². The Morgan fingerprint density at radius 3 is 2.35 bits per heavy atom. The Labute approximate surface area is 127 Å². The lowest BCUT2D eigenvalue weighted by atomic mass is 10.0. The van der Waals surface area contributed by atoms with Gasteiger partial charge in [0.05, 0.1) is 0 Å². The van der Waals surface area contributed by atoms with Gasteiger partial charge in [0.15, 0.2) is 5.58 Å². The number of fused-ring (bicyclic) bond motifs is 1. The molecular weight excluding hydrogens is 293 g/mol. The van der Waals surface area contributed by atoms with Crippen molar-refractivity contribution in [2.45, 2.75) is 19.8 Å². The van der Waals surface area contributed by atoms with Crippen molar-refractivity contribution in [1.82, 2.24) is 4.98 Å². The SMILES string of the molecule is CC(C)c1ccc2oc(-c3cc(Cl)cc(Cl)c3)nc2c1. The summed E-state index contributed by atoms with van der Waals surface area (Å²) in [5.41, 5.74) is 3.63. The first-order chi connectivity index (χ1) is 9.52. The minimum atomic E-state index is 0.458. The molecule has 4 heteroatoms. The zero-order chi connectivity index (χ0) is 14.3. The third kappa shape index (κ3) is 2.54. The minimum absolute atomic E-state index is 0.458. The van der Waals surface area contributed by atoms with E-state index in [2.05, 4.69) is 31.0 Å². The number of oxazole rings is 1. The van der Waals surface area contributed by atoms with Gasteiger partial charge >= 0.3 is 0 Å². The topological polar surface area (TPSA) is 26.0 Å². The minimum Gasteiger partial charge on any atom is -0.436 e. The summed E-state index contributed by atoms with van der Waals surface area (Å²) in [6, 6.07) is 11.3. The van der Waals surface area contributed by atoms with E-state index in [1.54, 1.807) is 18.2 Å². The number of rotatable bonds is 2. The molecule has 0 fully saturated rings. The van der Waals surface area contributed by atoms with Crippen LogP contribution in [0, 0.1) is 0 Å². The number of benzene rings is 2. The van der Waals surface area contributed by atoms with Crippen molar-refractivity contribution in [3.05, 3.63) is 52.0 Å². The lowest BCUT2D eigenvalue weighted by molar-refractivity contribution is 0.619. The maximum Gasteiger partial charge on any atom is 0.227 e. The summed E-state index contributed by atoms with van der Waals surface area (Å²) in [4.78, 5) is 4.52. The van der Waals surface area contributed by atoms with Crippen molar-refractivity contribution in [3.63, 3.8) is 0 Å². The Hall–Kier alpha value is -1.51. The summed E-state index contributed by atoms with van der Waals surface area (Å²) < 4.78 is 5.77. The van der Waals surface area contributed by atoms with E-state index in [9.17, 15) is 0 Å². The highest BCUT2D eigenvalue weighted by Crippen LogP contribution is 2.30. The van der Waals surface area contributed by atoms with E-state index >= 15 is 0 Å². The molecule has 0 spiro atoms. The predicted molar refractivity (Wildman–Crippen MR) is 83.6 cm³/mol. The van der Waals surface area contributed by atoms with Crippen LogP contribution in [0.5, 0.6) is 0 Å². The van der Waals surface area contributed by atoms with Gasteiger partial charge in [-0.1, -0.05) is 43.1 Å². The molecule has 0 radical (unpaired) electrons. The highest BCUT2D eigenvalue weighted by atomic mass is 35.5. The van der Waals surface area contributed by atoms with Crippen LogP contribution in [0.4, 0.5) is 0 Å². The molecule has 1 heterocycles. The predicted octanol–water partition coefficient (Wildman–Crippen LogP) is 5.93. The second-order valence-electron chi connectivity index (χ2n) is 5.06. The van der Waals surface area contributed by atoms with E-state index in [0.717, 1.165) is 16.7 Å². The van der Waals surface area contributed by atoms with E-state index in [1.165, 1.54) is 5.56 Å². The third-order valence-electron chi connectivity index (χ3n) is 3.19. The van der Waals surface area contributed by atoms with Crippen LogP contribution in [0.15, 0.2) is 40.8 Å². The van der Waals surface area contributed by atoms with Gasteiger partial charge in [0, 0.05) is 15.6 Å². The summed E-state index contributed by atoms with van der Waals surface area (Å²) in [7, 11) is 0. The third-order valence-corrected chi connectivity index (χ3v) is 3.62. The van der Waals surface area contributed by atoms with Crippen molar-refractivity contribution in [2.75, 3.05) is 0 Å². The molecule has 0 aliphatic rings. The Morgan fingerprint density at radius 2 is 1.70 bits per heavy atom. The number of hydrogen-bond donors (Lipinski definition) is 0. The molecule has 102 valence electrons. The Morgan fingerprint density at radius 1 is 1.00 bits per heavy atom. The lowest BCUT2D eigenvalue weighted by Gasteiger charge is -2.02. The van der Waals surface area contributed by atoms with E-state index in [4.69, 9.17) is 27.6 Å². The average Bonchev–Trinajstić information content (AvgIpc) is 2.80. The first-order valence-electron chi connectivity index (χ1n) is 6.40. The van der Waals surface area contributed by atoms with Gasteiger partial charge in [-0.2, -0.15) is 0 Å². The molecule has 0 saturated carbocycles. The Balaban J connectivity index is 2.12. The molecule has 0 atom stereocenters. The number of nitrogens with zero attached hydrogens (tertiary/aromatic N) is 1. The molecule has 0 unspecified atom stereocenters. The molecule has 0 saturated heterocycles. The fourth-order valence-electron chi connectivity index (χ4n) is 2.10. The van der Waals surface area contributed by atoms with Gasteiger partial charge in [-0.3, -0.25) is 0 Å². The van der Waals surface area contributed by atoms with Crippen LogP contribution in [0.2, 0.25) is 10.0 Å². The van der Waals surface area contributed by atoms with Gasteiger partial charge in [0.1, 0.15) is 5.52 Å². The second-order valence-corrected chi connectivity index (χ2v) is 5.93. The van der Waals surface area contributed by atoms with Crippen LogP contribution >= 0.6 is 23.2 Å². The zero-order valence-electron chi connectivity index (χ0n) is 11.2. The van der Waals surface area contributed by atoms with E-state index in [1.807, 2.05) is 6.07 Å². The molecule has 0 amide bonds. The van der Waals surface area contributed by atoms with Gasteiger partial charge in [-0.15, -0.1) is 0 Å². The van der Waals surface area contributed by atoms with Crippen LogP contribution in [0.25, 0.3) is 22.6 Å². The van der Waals surface area contributed by atoms with Gasteiger partial charge in [-0.25, -0.2) is 4.98 Å². The molecule has 2 aromatic carbocycles. The smallest absolute Gasteiger partial charge is 0.227 e. The van der Waals surface area contributed by atoms with Gasteiger partial charge in [0.2, 0.25) is 5.89 Å². The molecule has 20 heavy (non-hydrogen) atoms. The van der Waals surface area contributed by atoms with Crippen molar-refractivity contribution < 1.29 is 4.42 Å². The normalized spacial score (nSPS) is 11.4. The Kier molecular flexibility index (Phi) is 3.45. The standard InChI is InChI=1S/C16H13Cl2NO/c1-9(2)10-3-4-15-14(7-10)19-16(20-15)11-5-12(17)8-13(18)6-11/h3-9H,1-2H3. The largest absolute Gasteiger partial charge is 0.436 e. The molecule has 3 rings (SSSR count). The maximum atomic E-state index is 6.01.